The molecule has 2 aromatic heterocycles. The molecule has 0 spiro atoms. The van der Waals surface area contributed by atoms with Gasteiger partial charge < -0.3 is 9.47 Å². The Morgan fingerprint density at radius 1 is 1.17 bits per heavy atom. The molecule has 7 nitrogen and oxygen atoms in total. The van der Waals surface area contributed by atoms with Crippen molar-refractivity contribution in [3.63, 3.8) is 0 Å². The number of nitro groups is 1. The van der Waals surface area contributed by atoms with Gasteiger partial charge in [-0.05, 0) is 24.8 Å². The number of benzene rings is 1. The maximum Gasteiger partial charge on any atom is 0.287 e. The van der Waals surface area contributed by atoms with Crippen molar-refractivity contribution in [2.45, 2.75) is 32.2 Å². The Hall–Kier alpha value is -3.00. The summed E-state index contributed by atoms with van der Waals surface area (Å²) in [5.74, 6) is -0.143. The monoisotopic (exact) mass is 410 g/mol. The van der Waals surface area contributed by atoms with Gasteiger partial charge in [-0.3, -0.25) is 14.9 Å². The Morgan fingerprint density at radius 3 is 2.66 bits per heavy atom. The third-order valence-corrected chi connectivity index (χ3v) is 6.03. The van der Waals surface area contributed by atoms with Crippen molar-refractivity contribution in [1.82, 2.24) is 9.55 Å². The number of rotatable bonds is 7. The Kier molecular flexibility index (Phi) is 5.71. The van der Waals surface area contributed by atoms with Crippen LogP contribution >= 0.6 is 11.3 Å². The summed E-state index contributed by atoms with van der Waals surface area (Å²) in [7, 11) is 0. The smallest absolute Gasteiger partial charge is 0.287 e. The SMILES string of the molecule is O=C(Cc1ccccc1)c1cc([N+](=O)[O-])cn1Cc1csc(N2CCCCC2)n1. The molecule has 0 bridgehead atoms. The second-order valence-electron chi connectivity index (χ2n) is 7.22. The van der Waals surface area contributed by atoms with Gasteiger partial charge in [-0.2, -0.15) is 0 Å². The van der Waals surface area contributed by atoms with Crippen LogP contribution in [0.4, 0.5) is 10.8 Å². The average Bonchev–Trinajstić information content (AvgIpc) is 3.37. The molecule has 150 valence electrons. The number of Topliss-reactive ketones (excluding diaryl/α,β-unsaturated/α-hetero) is 1. The molecule has 1 aromatic carbocycles. The fraction of sp³-hybridized carbons (Fsp3) is 0.333. The Bertz CT molecular complexity index is 1010. The predicted molar refractivity (Wildman–Crippen MR) is 113 cm³/mol. The number of ketones is 1. The van der Waals surface area contributed by atoms with E-state index in [9.17, 15) is 14.9 Å². The standard InChI is InChI=1S/C21H22N4O3S/c26-20(11-16-7-3-1-4-8-16)19-12-18(25(27)28)14-24(19)13-17-15-29-21(22-17)23-9-5-2-6-10-23/h1,3-4,7-8,12,14-15H,2,5-6,9-11,13H2. The van der Waals surface area contributed by atoms with Gasteiger partial charge in [0.2, 0.25) is 0 Å². The maximum absolute atomic E-state index is 12.8. The third-order valence-electron chi connectivity index (χ3n) is 5.08. The highest BCUT2D eigenvalue weighted by Gasteiger charge is 2.21. The van der Waals surface area contributed by atoms with Crippen LogP contribution in [-0.4, -0.2) is 33.3 Å². The van der Waals surface area contributed by atoms with Gasteiger partial charge in [-0.25, -0.2) is 4.98 Å². The molecule has 0 aliphatic carbocycles. The number of carbonyl (C=O) groups excluding carboxylic acids is 1. The Labute approximate surface area is 172 Å². The molecule has 3 aromatic rings. The molecule has 8 heteroatoms. The zero-order chi connectivity index (χ0) is 20.2. The predicted octanol–water partition coefficient (Wildman–Crippen LogP) is 4.32. The molecular weight excluding hydrogens is 388 g/mol. The molecular formula is C21H22N4O3S. The first-order valence-corrected chi connectivity index (χ1v) is 10.6. The Morgan fingerprint density at radius 2 is 1.93 bits per heavy atom. The van der Waals surface area contributed by atoms with Crippen molar-refractivity contribution in [3.8, 4) is 0 Å². The summed E-state index contributed by atoms with van der Waals surface area (Å²) < 4.78 is 1.65. The van der Waals surface area contributed by atoms with E-state index in [2.05, 4.69) is 4.90 Å². The van der Waals surface area contributed by atoms with Crippen LogP contribution in [0.3, 0.4) is 0 Å². The lowest BCUT2D eigenvalue weighted by atomic mass is 10.1. The molecule has 1 fully saturated rings. The molecule has 0 N–H and O–H groups in total. The second kappa shape index (κ2) is 8.57. The largest absolute Gasteiger partial charge is 0.348 e. The minimum atomic E-state index is -0.462. The van der Waals surface area contributed by atoms with Crippen molar-refractivity contribution in [2.24, 2.45) is 0 Å². The first kappa shape index (κ1) is 19.3. The van der Waals surface area contributed by atoms with Crippen LogP contribution in [-0.2, 0) is 13.0 Å². The molecule has 0 atom stereocenters. The highest BCUT2D eigenvalue weighted by molar-refractivity contribution is 7.13. The summed E-state index contributed by atoms with van der Waals surface area (Å²) in [5.41, 5.74) is 1.96. The van der Waals surface area contributed by atoms with Gasteiger partial charge in [0.05, 0.1) is 29.1 Å². The van der Waals surface area contributed by atoms with E-state index >= 15 is 0 Å². The van der Waals surface area contributed by atoms with E-state index in [4.69, 9.17) is 4.98 Å². The number of hydrogen-bond donors (Lipinski definition) is 0. The van der Waals surface area contributed by atoms with Gasteiger partial charge in [0.15, 0.2) is 10.9 Å². The number of anilines is 1. The molecule has 1 aliphatic heterocycles. The van der Waals surface area contributed by atoms with E-state index in [1.165, 1.54) is 31.5 Å². The van der Waals surface area contributed by atoms with Gasteiger partial charge in [-0.1, -0.05) is 30.3 Å². The van der Waals surface area contributed by atoms with Crippen LogP contribution in [0.25, 0.3) is 0 Å². The topological polar surface area (TPSA) is 81.3 Å². The Balaban J connectivity index is 1.55. The zero-order valence-electron chi connectivity index (χ0n) is 16.0. The summed E-state index contributed by atoms with van der Waals surface area (Å²) in [6.07, 6.45) is 5.25. The fourth-order valence-corrected chi connectivity index (χ4v) is 4.48. The van der Waals surface area contributed by atoms with Crippen LogP contribution in [0.15, 0.2) is 48.0 Å². The molecule has 1 saturated heterocycles. The number of nitrogens with zero attached hydrogens (tertiary/aromatic N) is 4. The van der Waals surface area contributed by atoms with Crippen molar-refractivity contribution >= 4 is 27.9 Å². The number of hydrogen-bond acceptors (Lipinski definition) is 6. The molecule has 4 rings (SSSR count). The van der Waals surface area contributed by atoms with Crippen molar-refractivity contribution < 1.29 is 9.72 Å². The van der Waals surface area contributed by atoms with Gasteiger partial charge in [0.1, 0.15) is 0 Å². The minimum absolute atomic E-state index is 0.0760. The van der Waals surface area contributed by atoms with Crippen LogP contribution < -0.4 is 4.90 Å². The second-order valence-corrected chi connectivity index (χ2v) is 8.06. The lowest BCUT2D eigenvalue weighted by Gasteiger charge is -2.25. The van der Waals surface area contributed by atoms with Crippen molar-refractivity contribution in [3.05, 3.63) is 75.0 Å². The first-order valence-electron chi connectivity index (χ1n) is 9.71. The molecule has 0 saturated carbocycles. The van der Waals surface area contributed by atoms with Gasteiger partial charge in [0, 0.05) is 31.0 Å². The van der Waals surface area contributed by atoms with Crippen molar-refractivity contribution in [2.75, 3.05) is 18.0 Å². The highest BCUT2D eigenvalue weighted by Crippen LogP contribution is 2.26. The first-order chi connectivity index (χ1) is 14.1. The lowest BCUT2D eigenvalue weighted by molar-refractivity contribution is -0.384. The number of aromatic nitrogens is 2. The van der Waals surface area contributed by atoms with E-state index in [0.717, 1.165) is 29.5 Å². The van der Waals surface area contributed by atoms with E-state index < -0.39 is 4.92 Å². The molecule has 0 radical (unpaired) electrons. The highest BCUT2D eigenvalue weighted by atomic mass is 32.1. The summed E-state index contributed by atoms with van der Waals surface area (Å²) in [5, 5.41) is 14.2. The minimum Gasteiger partial charge on any atom is -0.348 e. The normalized spacial score (nSPS) is 14.1. The summed E-state index contributed by atoms with van der Waals surface area (Å²) in [6.45, 7) is 2.37. The summed E-state index contributed by atoms with van der Waals surface area (Å²) >= 11 is 1.59. The maximum atomic E-state index is 12.8. The fourth-order valence-electron chi connectivity index (χ4n) is 3.61. The molecule has 1 aliphatic rings. The van der Waals surface area contributed by atoms with E-state index in [1.54, 1.807) is 15.9 Å². The molecule has 29 heavy (non-hydrogen) atoms. The number of carbonyl (C=O) groups is 1. The number of thiazole rings is 1. The van der Waals surface area contributed by atoms with Gasteiger partial charge in [-0.15, -0.1) is 11.3 Å². The van der Waals surface area contributed by atoms with Crippen LogP contribution in [0.5, 0.6) is 0 Å². The average molecular weight is 410 g/mol. The van der Waals surface area contributed by atoms with Crippen LogP contribution in [0.2, 0.25) is 0 Å². The van der Waals surface area contributed by atoms with E-state index in [-0.39, 0.29) is 17.9 Å². The van der Waals surface area contributed by atoms with Gasteiger partial charge in [0.25, 0.3) is 5.69 Å². The third kappa shape index (κ3) is 4.54. The zero-order valence-corrected chi connectivity index (χ0v) is 16.8. The number of piperidine rings is 1. The van der Waals surface area contributed by atoms with Gasteiger partial charge >= 0.3 is 0 Å². The van der Waals surface area contributed by atoms with Crippen LogP contribution in [0.1, 0.15) is 41.0 Å². The quantitative estimate of drug-likeness (QED) is 0.329. The van der Waals surface area contributed by atoms with E-state index in [0.29, 0.717) is 12.2 Å². The van der Waals surface area contributed by atoms with E-state index in [1.807, 2.05) is 35.7 Å². The lowest BCUT2D eigenvalue weighted by Crippen LogP contribution is -2.29. The van der Waals surface area contributed by atoms with Crippen LogP contribution in [0, 0.1) is 10.1 Å². The summed E-state index contributed by atoms with van der Waals surface area (Å²) in [6, 6.07) is 10.8. The molecule has 0 amide bonds. The summed E-state index contributed by atoms with van der Waals surface area (Å²) in [4.78, 5) is 30.7. The molecule has 0 unspecified atom stereocenters. The molecule has 3 heterocycles. The van der Waals surface area contributed by atoms with Crippen molar-refractivity contribution in [1.29, 1.82) is 0 Å².